The molecule has 0 N–H and O–H groups in total. The second-order valence-electron chi connectivity index (χ2n) is 17.3. The Bertz CT molecular complexity index is 2530. The van der Waals surface area contributed by atoms with Crippen molar-refractivity contribution in [2.45, 2.75) is 57.5 Å². The van der Waals surface area contributed by atoms with Crippen molar-refractivity contribution in [1.29, 1.82) is 0 Å². The third kappa shape index (κ3) is 5.68. The highest BCUT2D eigenvalue weighted by atomic mass is 16.5. The number of benzene rings is 6. The maximum atomic E-state index is 7.83. The predicted octanol–water partition coefficient (Wildman–Crippen LogP) is 11.9. The Labute approximate surface area is 336 Å². The number of ether oxygens (including phenoxy) is 4. The summed E-state index contributed by atoms with van der Waals surface area (Å²) < 4.78 is 24.7. The van der Waals surface area contributed by atoms with Crippen molar-refractivity contribution in [2.24, 2.45) is 5.41 Å². The van der Waals surface area contributed by atoms with Gasteiger partial charge >= 0.3 is 0 Å². The molecule has 4 aliphatic rings. The lowest BCUT2D eigenvalue weighted by Gasteiger charge is -2.46. The monoisotopic (exact) mass is 753 g/mol. The van der Waals surface area contributed by atoms with Gasteiger partial charge in [-0.1, -0.05) is 87.0 Å². The smallest absolute Gasteiger partial charge is 0.178 e. The molecule has 5 heteroatoms. The zero-order valence-electron chi connectivity index (χ0n) is 33.8. The number of morpholine rings is 1. The number of hydrogen-bond donors (Lipinski definition) is 0. The van der Waals surface area contributed by atoms with Crippen LogP contribution in [0.25, 0.3) is 39.1 Å². The molecule has 57 heavy (non-hydrogen) atoms. The average molecular weight is 754 g/mol. The van der Waals surface area contributed by atoms with E-state index in [-0.39, 0.29) is 10.8 Å². The molecule has 5 nitrogen and oxygen atoms in total. The molecule has 2 aliphatic heterocycles. The standard InChI is InChI=1S/C52H51NO4/c1-34-31-45-44(32-43(34)35-11-19-39(54-4)20-12-35)47-41-9-6-7-10-46(41)51(25-8-24-50(2,3)33-51)48(47)42-23-26-52(57-49(42)45,37-15-21-40(55-5)22-16-37)36-13-17-38(18-14-36)53-27-29-56-30-28-53/h6-7,9-23,26,31-32H,8,24-25,27-30,33H2,1-5H3. The minimum Gasteiger partial charge on any atom is -0.497 e. The number of methoxy groups -OCH3 is 2. The highest BCUT2D eigenvalue weighted by molar-refractivity contribution is 6.10. The van der Waals surface area contributed by atoms with Crippen molar-refractivity contribution in [3.63, 3.8) is 0 Å². The van der Waals surface area contributed by atoms with Gasteiger partial charge in [-0.3, -0.25) is 0 Å². The lowest BCUT2D eigenvalue weighted by molar-refractivity contribution is 0.122. The van der Waals surface area contributed by atoms with E-state index >= 15 is 0 Å². The molecule has 288 valence electrons. The van der Waals surface area contributed by atoms with Gasteiger partial charge in [0.05, 0.1) is 27.4 Å². The van der Waals surface area contributed by atoms with Crippen LogP contribution in [0.4, 0.5) is 5.69 Å². The number of anilines is 1. The summed E-state index contributed by atoms with van der Waals surface area (Å²) in [6.45, 7) is 10.5. The van der Waals surface area contributed by atoms with Gasteiger partial charge in [-0.25, -0.2) is 0 Å². The van der Waals surface area contributed by atoms with Gasteiger partial charge < -0.3 is 23.8 Å². The lowest BCUT2D eigenvalue weighted by atomic mass is 9.59. The summed E-state index contributed by atoms with van der Waals surface area (Å²) >= 11 is 0. The molecule has 6 aromatic carbocycles. The van der Waals surface area contributed by atoms with Gasteiger partial charge in [-0.2, -0.15) is 0 Å². The quantitative estimate of drug-likeness (QED) is 0.169. The predicted molar refractivity (Wildman–Crippen MR) is 232 cm³/mol. The van der Waals surface area contributed by atoms with Crippen molar-refractivity contribution in [2.75, 3.05) is 45.4 Å². The van der Waals surface area contributed by atoms with Crippen LogP contribution in [0.3, 0.4) is 0 Å². The maximum Gasteiger partial charge on any atom is 0.178 e. The molecule has 0 bridgehead atoms. The highest BCUT2D eigenvalue weighted by Gasteiger charge is 2.51. The molecule has 1 saturated carbocycles. The van der Waals surface area contributed by atoms with Crippen LogP contribution in [0.15, 0.2) is 115 Å². The minimum absolute atomic E-state index is 0.120. The van der Waals surface area contributed by atoms with Crippen LogP contribution in [0.2, 0.25) is 0 Å². The molecular formula is C52H51NO4. The molecule has 2 unspecified atom stereocenters. The molecule has 6 aromatic rings. The number of fused-ring (bicyclic) bond motifs is 10. The first-order chi connectivity index (χ1) is 27.7. The summed E-state index contributed by atoms with van der Waals surface area (Å²) in [4.78, 5) is 2.41. The van der Waals surface area contributed by atoms with Gasteiger partial charge in [-0.05, 0) is 131 Å². The third-order valence-electron chi connectivity index (χ3n) is 13.4. The fourth-order valence-electron chi connectivity index (χ4n) is 10.8. The van der Waals surface area contributed by atoms with Crippen LogP contribution in [-0.4, -0.2) is 40.5 Å². The van der Waals surface area contributed by atoms with Crippen LogP contribution in [-0.2, 0) is 15.8 Å². The van der Waals surface area contributed by atoms with E-state index in [0.29, 0.717) is 0 Å². The van der Waals surface area contributed by atoms with Crippen molar-refractivity contribution in [1.82, 2.24) is 0 Å². The van der Waals surface area contributed by atoms with Gasteiger partial charge in [0.2, 0.25) is 0 Å². The summed E-state index contributed by atoms with van der Waals surface area (Å²) in [6.07, 6.45) is 9.38. The van der Waals surface area contributed by atoms with E-state index in [9.17, 15) is 0 Å². The second-order valence-corrected chi connectivity index (χ2v) is 17.3. The fourth-order valence-corrected chi connectivity index (χ4v) is 10.8. The third-order valence-corrected chi connectivity index (χ3v) is 13.4. The zero-order chi connectivity index (χ0) is 38.9. The Hall–Kier alpha value is -5.52. The Morgan fingerprint density at radius 3 is 2.05 bits per heavy atom. The molecule has 0 aromatic heterocycles. The maximum absolute atomic E-state index is 7.83. The first-order valence-corrected chi connectivity index (χ1v) is 20.6. The first kappa shape index (κ1) is 35.9. The van der Waals surface area contributed by atoms with Gasteiger partial charge in [-0.15, -0.1) is 0 Å². The summed E-state index contributed by atoms with van der Waals surface area (Å²) in [5, 5.41) is 2.39. The van der Waals surface area contributed by atoms with Gasteiger partial charge in [0, 0.05) is 46.3 Å². The second kappa shape index (κ2) is 13.6. The van der Waals surface area contributed by atoms with E-state index in [1.807, 2.05) is 12.1 Å². The number of nitrogens with zero attached hydrogens (tertiary/aromatic N) is 1. The molecule has 0 amide bonds. The SMILES string of the molecule is COc1ccc(-c2cc3c4c(c5c(c3cc2C)OC(c2ccc(OC)cc2)(c2ccc(N3CCOCC3)cc2)C=C5)C2(CCCC(C)(C)C2)c2ccccc2-4)cc1. The molecule has 1 spiro atoms. The molecule has 1 saturated heterocycles. The van der Waals surface area contributed by atoms with Crippen LogP contribution < -0.4 is 19.1 Å². The van der Waals surface area contributed by atoms with E-state index in [1.165, 1.54) is 68.4 Å². The molecule has 2 fully saturated rings. The molecule has 2 aliphatic carbocycles. The Kier molecular flexibility index (Phi) is 8.53. The lowest BCUT2D eigenvalue weighted by Crippen LogP contribution is -2.38. The minimum atomic E-state index is -0.878. The normalized spacial score (nSPS) is 21.8. The molecule has 2 heterocycles. The van der Waals surface area contributed by atoms with E-state index < -0.39 is 5.60 Å². The highest BCUT2D eigenvalue weighted by Crippen LogP contribution is 2.64. The Morgan fingerprint density at radius 1 is 0.702 bits per heavy atom. The molecule has 0 radical (unpaired) electrons. The zero-order valence-corrected chi connectivity index (χ0v) is 33.8. The van der Waals surface area contributed by atoms with Crippen LogP contribution in [0.1, 0.15) is 72.9 Å². The van der Waals surface area contributed by atoms with Crippen molar-refractivity contribution < 1.29 is 18.9 Å². The molecule has 10 rings (SSSR count). The van der Waals surface area contributed by atoms with Crippen LogP contribution >= 0.6 is 0 Å². The van der Waals surface area contributed by atoms with Crippen molar-refractivity contribution in [3.05, 3.63) is 149 Å². The summed E-state index contributed by atoms with van der Waals surface area (Å²) in [7, 11) is 3.44. The first-order valence-electron chi connectivity index (χ1n) is 20.6. The van der Waals surface area contributed by atoms with Gasteiger partial charge in [0.15, 0.2) is 5.60 Å². The Balaban J connectivity index is 1.25. The van der Waals surface area contributed by atoms with Crippen LogP contribution in [0.5, 0.6) is 17.2 Å². The van der Waals surface area contributed by atoms with Gasteiger partial charge in [0.25, 0.3) is 0 Å². The van der Waals surface area contributed by atoms with E-state index in [0.717, 1.165) is 72.9 Å². The van der Waals surface area contributed by atoms with Crippen LogP contribution in [0, 0.1) is 12.3 Å². The fraction of sp³-hybridized carbons (Fsp3) is 0.308. The number of rotatable bonds is 6. The van der Waals surface area contributed by atoms with E-state index in [2.05, 4.69) is 135 Å². The number of hydrogen-bond acceptors (Lipinski definition) is 5. The summed E-state index contributed by atoms with van der Waals surface area (Å²) in [5.74, 6) is 2.64. The summed E-state index contributed by atoms with van der Waals surface area (Å²) in [5.41, 5.74) is 13.0. The average Bonchev–Trinajstić information content (AvgIpc) is 3.52. The largest absolute Gasteiger partial charge is 0.497 e. The topological polar surface area (TPSA) is 40.2 Å². The van der Waals surface area contributed by atoms with Crippen molar-refractivity contribution in [3.8, 4) is 39.5 Å². The number of aryl methyl sites for hydroxylation is 1. The molecule has 2 atom stereocenters. The Morgan fingerprint density at radius 2 is 1.37 bits per heavy atom. The van der Waals surface area contributed by atoms with E-state index in [1.54, 1.807) is 14.2 Å². The molecular weight excluding hydrogens is 703 g/mol. The summed E-state index contributed by atoms with van der Waals surface area (Å²) in [6, 6.07) is 40.0. The van der Waals surface area contributed by atoms with Gasteiger partial charge in [0.1, 0.15) is 17.2 Å². The van der Waals surface area contributed by atoms with E-state index in [4.69, 9.17) is 18.9 Å². The van der Waals surface area contributed by atoms with Crippen molar-refractivity contribution >= 4 is 22.5 Å².